The predicted octanol–water partition coefficient (Wildman–Crippen LogP) is 1.34. The molecule has 1 atom stereocenters. The van der Waals surface area contributed by atoms with E-state index in [-0.39, 0.29) is 30.2 Å². The van der Waals surface area contributed by atoms with Gasteiger partial charge in [-0.2, -0.15) is 5.10 Å². The second-order valence-electron chi connectivity index (χ2n) is 4.40. The highest BCUT2D eigenvalue weighted by Crippen LogP contribution is 2.29. The highest BCUT2D eigenvalue weighted by atomic mass is 19.3. The van der Waals surface area contributed by atoms with E-state index in [4.69, 9.17) is 9.47 Å². The molecule has 0 aromatic carbocycles. The minimum atomic E-state index is -2.58. The third kappa shape index (κ3) is 2.34. The zero-order chi connectivity index (χ0) is 15.0. The average molecular weight is 298 g/mol. The summed E-state index contributed by atoms with van der Waals surface area (Å²) < 4.78 is 36.9. The van der Waals surface area contributed by atoms with Gasteiger partial charge in [0.1, 0.15) is 18.2 Å². The molecule has 0 spiro atoms. The molecule has 112 valence electrons. The van der Waals surface area contributed by atoms with Crippen LogP contribution in [0.4, 0.5) is 14.6 Å². The minimum absolute atomic E-state index is 0.157. The number of fused-ring (bicyclic) bond motifs is 2. The fraction of sp³-hybridized carbons (Fsp3) is 0.417. The first-order valence-corrected chi connectivity index (χ1v) is 6.33. The maximum Gasteiger partial charge on any atom is 0.343 e. The van der Waals surface area contributed by atoms with E-state index in [9.17, 15) is 13.6 Å². The Morgan fingerprint density at radius 2 is 2.48 bits per heavy atom. The minimum Gasteiger partial charge on any atom is -0.486 e. The Morgan fingerprint density at radius 1 is 1.67 bits per heavy atom. The van der Waals surface area contributed by atoms with E-state index in [1.54, 1.807) is 6.92 Å². The SMILES string of the molecule is CCOC(=O)c1cnn2cc3c(nc12)N[C@H](C(F)F)CO3. The number of rotatable bonds is 3. The van der Waals surface area contributed by atoms with Crippen molar-refractivity contribution in [1.29, 1.82) is 0 Å². The Kier molecular flexibility index (Phi) is 3.32. The van der Waals surface area contributed by atoms with Crippen LogP contribution in [0.1, 0.15) is 17.3 Å². The number of carbonyl (C=O) groups excluding carboxylic acids is 1. The zero-order valence-electron chi connectivity index (χ0n) is 11.0. The summed E-state index contributed by atoms with van der Waals surface area (Å²) in [6.45, 7) is 1.74. The lowest BCUT2D eigenvalue weighted by molar-refractivity contribution is 0.0528. The number of nitrogens with zero attached hydrogens (tertiary/aromatic N) is 3. The largest absolute Gasteiger partial charge is 0.486 e. The predicted molar refractivity (Wildman–Crippen MR) is 67.9 cm³/mol. The van der Waals surface area contributed by atoms with Crippen LogP contribution in [0.5, 0.6) is 5.75 Å². The molecule has 0 fully saturated rings. The molecule has 1 aliphatic rings. The first-order chi connectivity index (χ1) is 10.1. The number of hydrogen-bond donors (Lipinski definition) is 1. The Bertz CT molecular complexity index is 688. The monoisotopic (exact) mass is 298 g/mol. The lowest BCUT2D eigenvalue weighted by atomic mass is 10.3. The fourth-order valence-corrected chi connectivity index (χ4v) is 1.99. The first kappa shape index (κ1) is 13.5. The number of halogens is 2. The molecule has 2 aromatic heterocycles. The maximum atomic E-state index is 12.7. The van der Waals surface area contributed by atoms with Gasteiger partial charge in [0.05, 0.1) is 19.0 Å². The van der Waals surface area contributed by atoms with Gasteiger partial charge in [-0.25, -0.2) is 23.1 Å². The Hall–Kier alpha value is -2.45. The van der Waals surface area contributed by atoms with Gasteiger partial charge in [-0.1, -0.05) is 0 Å². The molecule has 0 aliphatic carbocycles. The fourth-order valence-electron chi connectivity index (χ4n) is 1.99. The van der Waals surface area contributed by atoms with Crippen LogP contribution in [0.2, 0.25) is 0 Å². The van der Waals surface area contributed by atoms with E-state index in [2.05, 4.69) is 15.4 Å². The number of aromatic nitrogens is 3. The number of esters is 1. The van der Waals surface area contributed by atoms with E-state index in [0.29, 0.717) is 5.75 Å². The number of alkyl halides is 2. The third-order valence-corrected chi connectivity index (χ3v) is 3.00. The van der Waals surface area contributed by atoms with Gasteiger partial charge in [-0.15, -0.1) is 0 Å². The molecule has 3 rings (SSSR count). The van der Waals surface area contributed by atoms with Gasteiger partial charge in [-0.05, 0) is 6.92 Å². The van der Waals surface area contributed by atoms with Gasteiger partial charge in [0, 0.05) is 0 Å². The Morgan fingerprint density at radius 3 is 3.19 bits per heavy atom. The van der Waals surface area contributed by atoms with Crippen LogP contribution < -0.4 is 10.1 Å². The van der Waals surface area contributed by atoms with Crippen LogP contribution in [0.15, 0.2) is 12.4 Å². The molecule has 1 aliphatic heterocycles. The van der Waals surface area contributed by atoms with Crippen LogP contribution >= 0.6 is 0 Å². The summed E-state index contributed by atoms with van der Waals surface area (Å²) in [5.74, 6) is -0.106. The number of nitrogens with one attached hydrogen (secondary N) is 1. The second kappa shape index (κ2) is 5.15. The lowest BCUT2D eigenvalue weighted by Gasteiger charge is -2.25. The molecule has 0 amide bonds. The van der Waals surface area contributed by atoms with Crippen LogP contribution in [-0.2, 0) is 4.74 Å². The van der Waals surface area contributed by atoms with Crippen LogP contribution in [0.3, 0.4) is 0 Å². The molecule has 21 heavy (non-hydrogen) atoms. The molecular weight excluding hydrogens is 286 g/mol. The summed E-state index contributed by atoms with van der Waals surface area (Å²) in [5, 5.41) is 6.58. The smallest absolute Gasteiger partial charge is 0.343 e. The quantitative estimate of drug-likeness (QED) is 0.862. The van der Waals surface area contributed by atoms with Crippen molar-refractivity contribution in [2.24, 2.45) is 0 Å². The highest BCUT2D eigenvalue weighted by Gasteiger charge is 2.29. The van der Waals surface area contributed by atoms with Crippen LogP contribution in [0, 0.1) is 0 Å². The van der Waals surface area contributed by atoms with E-state index in [1.807, 2.05) is 0 Å². The van der Waals surface area contributed by atoms with Crippen molar-refractivity contribution in [2.45, 2.75) is 19.4 Å². The molecule has 1 N–H and O–H groups in total. The lowest BCUT2D eigenvalue weighted by Crippen LogP contribution is -2.38. The van der Waals surface area contributed by atoms with Gasteiger partial charge in [0.2, 0.25) is 0 Å². The normalized spacial score (nSPS) is 17.2. The molecule has 0 bridgehead atoms. The van der Waals surface area contributed by atoms with Crippen molar-refractivity contribution < 1.29 is 23.0 Å². The molecule has 0 saturated carbocycles. The van der Waals surface area contributed by atoms with Crippen molar-refractivity contribution in [1.82, 2.24) is 14.6 Å². The summed E-state index contributed by atoms with van der Waals surface area (Å²) in [6.07, 6.45) is 0.219. The van der Waals surface area contributed by atoms with E-state index in [1.165, 1.54) is 16.9 Å². The van der Waals surface area contributed by atoms with Crippen LogP contribution in [0.25, 0.3) is 5.65 Å². The Labute approximate surface area is 117 Å². The van der Waals surface area contributed by atoms with Crippen molar-refractivity contribution in [3.63, 3.8) is 0 Å². The van der Waals surface area contributed by atoms with E-state index < -0.39 is 18.4 Å². The third-order valence-electron chi connectivity index (χ3n) is 3.00. The average Bonchev–Trinajstić information content (AvgIpc) is 2.87. The molecule has 0 saturated heterocycles. The van der Waals surface area contributed by atoms with Gasteiger partial charge in [0.15, 0.2) is 17.2 Å². The highest BCUT2D eigenvalue weighted by molar-refractivity contribution is 5.95. The Balaban J connectivity index is 2.01. The molecule has 0 unspecified atom stereocenters. The summed E-state index contributed by atoms with van der Waals surface area (Å²) in [4.78, 5) is 15.9. The summed E-state index contributed by atoms with van der Waals surface area (Å²) >= 11 is 0. The summed E-state index contributed by atoms with van der Waals surface area (Å²) in [6, 6.07) is -1.14. The number of anilines is 1. The van der Waals surface area contributed by atoms with Crippen molar-refractivity contribution in [2.75, 3.05) is 18.5 Å². The van der Waals surface area contributed by atoms with Gasteiger partial charge in [-0.3, -0.25) is 0 Å². The molecule has 7 nitrogen and oxygen atoms in total. The van der Waals surface area contributed by atoms with E-state index in [0.717, 1.165) is 0 Å². The van der Waals surface area contributed by atoms with Gasteiger partial charge >= 0.3 is 5.97 Å². The molecule has 9 heteroatoms. The number of carbonyl (C=O) groups is 1. The molecule has 3 heterocycles. The van der Waals surface area contributed by atoms with Crippen LogP contribution in [-0.4, -0.2) is 46.2 Å². The van der Waals surface area contributed by atoms with Crippen molar-refractivity contribution >= 4 is 17.4 Å². The van der Waals surface area contributed by atoms with Gasteiger partial charge < -0.3 is 14.8 Å². The zero-order valence-corrected chi connectivity index (χ0v) is 11.0. The van der Waals surface area contributed by atoms with E-state index >= 15 is 0 Å². The summed E-state index contributed by atoms with van der Waals surface area (Å²) in [5.41, 5.74) is 0.388. The van der Waals surface area contributed by atoms with Crippen molar-refractivity contribution in [3.8, 4) is 5.75 Å². The molecule has 2 aromatic rings. The summed E-state index contributed by atoms with van der Waals surface area (Å²) in [7, 11) is 0. The second-order valence-corrected chi connectivity index (χ2v) is 4.40. The standard InChI is InChI=1S/C12H12F2N4O3/c1-2-20-12(19)6-3-15-18-4-8-10(17-11(6)18)16-7(5-21-8)9(13)14/h3-4,7,9H,2,5H2,1H3,(H,16,17)/t7-/m0/s1. The molecule has 0 radical (unpaired) electrons. The number of hydrogen-bond acceptors (Lipinski definition) is 6. The maximum absolute atomic E-state index is 12.7. The molecular formula is C12H12F2N4O3. The van der Waals surface area contributed by atoms with Crippen molar-refractivity contribution in [3.05, 3.63) is 18.0 Å². The number of ether oxygens (including phenoxy) is 2. The van der Waals surface area contributed by atoms with Gasteiger partial charge in [0.25, 0.3) is 6.43 Å². The topological polar surface area (TPSA) is 77.8 Å². The first-order valence-electron chi connectivity index (χ1n) is 6.33.